The van der Waals surface area contributed by atoms with E-state index in [0.29, 0.717) is 0 Å². The number of hydrogen-bond donors (Lipinski definition) is 0. The lowest BCUT2D eigenvalue weighted by molar-refractivity contribution is 0.0600. The van der Waals surface area contributed by atoms with Gasteiger partial charge in [-0.1, -0.05) is 12.1 Å². The molecule has 0 heterocycles. The van der Waals surface area contributed by atoms with E-state index in [-0.39, 0.29) is 50.8 Å². The molecule has 0 radical (unpaired) electrons. The Hall–Kier alpha value is -4.99. The molecule has 0 N–H and O–H groups in total. The Morgan fingerprint density at radius 3 is 1.29 bits per heavy atom. The van der Waals surface area contributed by atoms with Crippen molar-refractivity contribution in [3.8, 4) is 23.0 Å². The zero-order valence-electron chi connectivity index (χ0n) is 21.3. The van der Waals surface area contributed by atoms with Crippen LogP contribution < -0.4 is 18.9 Å². The predicted octanol–water partition coefficient (Wildman–Crippen LogP) is 3.64. The van der Waals surface area contributed by atoms with E-state index in [9.17, 15) is 24.0 Å². The van der Waals surface area contributed by atoms with Crippen LogP contribution in [-0.4, -0.2) is 64.7 Å². The number of hydrogen-bond acceptors (Lipinski definition) is 10. The van der Waals surface area contributed by atoms with Gasteiger partial charge in [-0.15, -0.1) is 0 Å². The lowest BCUT2D eigenvalue weighted by atomic mass is 9.91. The summed E-state index contributed by atoms with van der Waals surface area (Å²) >= 11 is 0. The van der Waals surface area contributed by atoms with E-state index in [1.807, 2.05) is 0 Å². The molecule has 0 fully saturated rings. The van der Waals surface area contributed by atoms with E-state index >= 15 is 0 Å². The Bertz CT molecular complexity index is 1400. The minimum atomic E-state index is -1.07. The Balaban J connectivity index is 2.09. The van der Waals surface area contributed by atoms with Gasteiger partial charge in [-0.2, -0.15) is 0 Å². The van der Waals surface area contributed by atoms with Crippen LogP contribution in [-0.2, 0) is 4.74 Å². The minimum absolute atomic E-state index is 0.0419. The summed E-state index contributed by atoms with van der Waals surface area (Å²) in [5.74, 6) is -4.03. The smallest absolute Gasteiger partial charge is 0.337 e. The molecular weight excluding hydrogens is 496 g/mol. The van der Waals surface area contributed by atoms with Crippen molar-refractivity contribution in [1.82, 2.24) is 0 Å². The van der Waals surface area contributed by atoms with Gasteiger partial charge in [0.1, 0.15) is 11.5 Å². The quantitative estimate of drug-likeness (QED) is 0.210. The third kappa shape index (κ3) is 5.54. The topological polar surface area (TPSA) is 132 Å². The van der Waals surface area contributed by atoms with E-state index in [4.69, 9.17) is 18.9 Å². The van der Waals surface area contributed by atoms with Gasteiger partial charge in [0.15, 0.2) is 11.5 Å². The average Bonchev–Trinajstić information content (AvgIpc) is 2.97. The van der Waals surface area contributed by atoms with Crippen LogP contribution in [0.15, 0.2) is 54.6 Å². The van der Waals surface area contributed by atoms with Gasteiger partial charge in [0.05, 0.1) is 41.1 Å². The number of carbonyl (C=O) groups excluding carboxylic acids is 5. The number of ether oxygens (including phenoxy) is 5. The molecule has 0 aliphatic heterocycles. The first-order valence-corrected chi connectivity index (χ1v) is 11.0. The maximum atomic E-state index is 13.4. The third-order valence-electron chi connectivity index (χ3n) is 5.61. The monoisotopic (exact) mass is 520 g/mol. The molecule has 196 valence electrons. The fourth-order valence-corrected chi connectivity index (χ4v) is 3.58. The third-order valence-corrected chi connectivity index (χ3v) is 5.61. The van der Waals surface area contributed by atoms with E-state index in [2.05, 4.69) is 4.74 Å². The molecule has 0 amide bonds. The summed E-state index contributed by atoms with van der Waals surface area (Å²) in [7, 11) is 6.62. The second-order valence-electron chi connectivity index (χ2n) is 7.74. The predicted molar refractivity (Wildman–Crippen MR) is 134 cm³/mol. The summed E-state index contributed by atoms with van der Waals surface area (Å²) in [4.78, 5) is 64.7. The highest BCUT2D eigenvalue weighted by atomic mass is 16.5. The standard InChI is InChI=1S/C28H24O10/c1-34-18-10-17(11-19(12-18)35-2)25(30)27(32)21-14-23(37-4)22(36-3)13-20(21)26(31)24(29)15-6-8-16(9-7-15)28(33)38-5/h6-14H,1-5H3. The van der Waals surface area contributed by atoms with Crippen LogP contribution in [0.25, 0.3) is 0 Å². The molecular formula is C28H24O10. The molecule has 3 rings (SSSR count). The van der Waals surface area contributed by atoms with Crippen molar-refractivity contribution >= 4 is 29.1 Å². The maximum Gasteiger partial charge on any atom is 0.337 e. The summed E-state index contributed by atoms with van der Waals surface area (Å²) in [6, 6.07) is 11.8. The molecule has 0 unspecified atom stereocenters. The Morgan fingerprint density at radius 2 is 0.895 bits per heavy atom. The van der Waals surface area contributed by atoms with Gasteiger partial charge in [0, 0.05) is 28.3 Å². The van der Waals surface area contributed by atoms with Crippen LogP contribution in [0.3, 0.4) is 0 Å². The SMILES string of the molecule is COC(=O)c1ccc(C(=O)C(=O)c2cc(OC)c(OC)cc2C(=O)C(=O)c2cc(OC)cc(OC)c2)cc1. The largest absolute Gasteiger partial charge is 0.497 e. The minimum Gasteiger partial charge on any atom is -0.497 e. The lowest BCUT2D eigenvalue weighted by Gasteiger charge is -2.14. The molecule has 10 heteroatoms. The molecule has 0 atom stereocenters. The zero-order valence-corrected chi connectivity index (χ0v) is 21.3. The molecule has 3 aromatic carbocycles. The summed E-state index contributed by atoms with van der Waals surface area (Å²) in [6.45, 7) is 0. The fourth-order valence-electron chi connectivity index (χ4n) is 3.58. The first-order chi connectivity index (χ1) is 18.2. The molecule has 10 nitrogen and oxygen atoms in total. The van der Waals surface area contributed by atoms with Crippen molar-refractivity contribution in [2.75, 3.05) is 35.5 Å². The highest BCUT2D eigenvalue weighted by molar-refractivity contribution is 6.54. The van der Waals surface area contributed by atoms with Crippen LogP contribution >= 0.6 is 0 Å². The number of ketones is 4. The Morgan fingerprint density at radius 1 is 0.474 bits per heavy atom. The normalized spacial score (nSPS) is 10.2. The first-order valence-electron chi connectivity index (χ1n) is 11.0. The van der Waals surface area contributed by atoms with E-state index in [1.165, 1.54) is 78.0 Å². The van der Waals surface area contributed by atoms with Crippen molar-refractivity contribution in [2.24, 2.45) is 0 Å². The molecule has 0 bridgehead atoms. The zero-order chi connectivity index (χ0) is 28.0. The molecule has 0 aromatic heterocycles. The van der Waals surface area contributed by atoms with Crippen LogP contribution in [0.2, 0.25) is 0 Å². The summed E-state index contributed by atoms with van der Waals surface area (Å²) < 4.78 is 25.4. The second kappa shape index (κ2) is 11.8. The van der Waals surface area contributed by atoms with Gasteiger partial charge in [-0.05, 0) is 36.4 Å². The Labute approximate surface area is 218 Å². The van der Waals surface area contributed by atoms with Crippen LogP contribution in [0.4, 0.5) is 0 Å². The summed E-state index contributed by atoms with van der Waals surface area (Å²) in [5, 5.41) is 0. The van der Waals surface area contributed by atoms with Gasteiger partial charge >= 0.3 is 5.97 Å². The van der Waals surface area contributed by atoms with Crippen LogP contribution in [0.5, 0.6) is 23.0 Å². The van der Waals surface area contributed by atoms with Crippen molar-refractivity contribution < 1.29 is 47.7 Å². The lowest BCUT2D eigenvalue weighted by Crippen LogP contribution is -2.22. The second-order valence-corrected chi connectivity index (χ2v) is 7.74. The number of rotatable bonds is 11. The molecule has 3 aromatic rings. The van der Waals surface area contributed by atoms with Gasteiger partial charge in [0.2, 0.25) is 23.1 Å². The van der Waals surface area contributed by atoms with Crippen molar-refractivity contribution in [1.29, 1.82) is 0 Å². The van der Waals surface area contributed by atoms with Gasteiger partial charge < -0.3 is 23.7 Å². The number of benzene rings is 3. The summed E-state index contributed by atoms with van der Waals surface area (Å²) in [6.07, 6.45) is 0. The van der Waals surface area contributed by atoms with Crippen molar-refractivity contribution in [3.05, 3.63) is 82.4 Å². The maximum absolute atomic E-state index is 13.4. The number of esters is 1. The highest BCUT2D eigenvalue weighted by Crippen LogP contribution is 2.33. The van der Waals surface area contributed by atoms with Gasteiger partial charge in [0.25, 0.3) is 0 Å². The average molecular weight is 520 g/mol. The van der Waals surface area contributed by atoms with Crippen molar-refractivity contribution in [3.63, 3.8) is 0 Å². The molecule has 0 aliphatic carbocycles. The highest BCUT2D eigenvalue weighted by Gasteiger charge is 2.30. The number of carbonyl (C=O) groups is 5. The summed E-state index contributed by atoms with van der Waals surface area (Å²) in [5.41, 5.74) is -0.640. The van der Waals surface area contributed by atoms with Crippen LogP contribution in [0, 0.1) is 0 Å². The molecule has 38 heavy (non-hydrogen) atoms. The number of methoxy groups -OCH3 is 5. The van der Waals surface area contributed by atoms with E-state index in [1.54, 1.807) is 0 Å². The Kier molecular flexibility index (Phi) is 8.59. The first kappa shape index (κ1) is 27.6. The number of Topliss-reactive ketones (excluding diaryl/α,β-unsaturated/α-hetero) is 4. The molecule has 0 saturated carbocycles. The van der Waals surface area contributed by atoms with Crippen LogP contribution in [0.1, 0.15) is 51.8 Å². The van der Waals surface area contributed by atoms with E-state index < -0.39 is 29.1 Å². The van der Waals surface area contributed by atoms with Gasteiger partial charge in [-0.3, -0.25) is 19.2 Å². The van der Waals surface area contributed by atoms with Gasteiger partial charge in [-0.25, -0.2) is 4.79 Å². The van der Waals surface area contributed by atoms with Crippen molar-refractivity contribution in [2.45, 2.75) is 0 Å². The molecule has 0 spiro atoms. The molecule has 0 saturated heterocycles. The van der Waals surface area contributed by atoms with E-state index in [0.717, 1.165) is 12.1 Å². The molecule has 0 aliphatic rings. The fraction of sp³-hybridized carbons (Fsp3) is 0.179.